The molecule has 0 saturated carbocycles. The van der Waals surface area contributed by atoms with Gasteiger partial charge in [-0.25, -0.2) is 4.79 Å². The van der Waals surface area contributed by atoms with Gasteiger partial charge in [0.1, 0.15) is 11.8 Å². The molecule has 3 rings (SSSR count). The molecule has 2 aromatic rings. The molecule has 4 amide bonds. The number of benzene rings is 1. The Hall–Kier alpha value is -3.09. The number of nitrogens with zero attached hydrogens (tertiary/aromatic N) is 1. The SMILES string of the molecule is O=C(CCC1NC(=O)N(Cc2ccco2)C1=O)NCCc1ccccc1. The van der Waals surface area contributed by atoms with Crippen LogP contribution in [0.3, 0.4) is 0 Å². The molecule has 2 heterocycles. The summed E-state index contributed by atoms with van der Waals surface area (Å²) in [6.07, 6.45) is 2.70. The van der Waals surface area contributed by atoms with Crippen LogP contribution >= 0.6 is 0 Å². The second-order valence-corrected chi connectivity index (χ2v) is 6.13. The molecule has 1 unspecified atom stereocenters. The Kier molecular flexibility index (Phi) is 5.68. The molecule has 0 spiro atoms. The molecule has 1 aromatic carbocycles. The minimum Gasteiger partial charge on any atom is -0.467 e. The van der Waals surface area contributed by atoms with Crippen LogP contribution in [0.5, 0.6) is 0 Å². The molecule has 1 aromatic heterocycles. The Labute approximate surface area is 151 Å². The Morgan fingerprint density at radius 1 is 1.15 bits per heavy atom. The van der Waals surface area contributed by atoms with Crippen molar-refractivity contribution in [3.63, 3.8) is 0 Å². The van der Waals surface area contributed by atoms with E-state index >= 15 is 0 Å². The third kappa shape index (κ3) is 4.50. The van der Waals surface area contributed by atoms with Crippen molar-refractivity contribution in [3.05, 3.63) is 60.1 Å². The van der Waals surface area contributed by atoms with Gasteiger partial charge in [-0.2, -0.15) is 0 Å². The van der Waals surface area contributed by atoms with Gasteiger partial charge in [-0.15, -0.1) is 0 Å². The van der Waals surface area contributed by atoms with Gasteiger partial charge in [0.15, 0.2) is 0 Å². The van der Waals surface area contributed by atoms with E-state index in [-0.39, 0.29) is 31.2 Å². The van der Waals surface area contributed by atoms with Crippen LogP contribution in [0.1, 0.15) is 24.2 Å². The number of rotatable bonds is 8. The van der Waals surface area contributed by atoms with E-state index in [1.165, 1.54) is 6.26 Å². The van der Waals surface area contributed by atoms with Crippen molar-refractivity contribution in [1.82, 2.24) is 15.5 Å². The molecular formula is C19H21N3O4. The van der Waals surface area contributed by atoms with Gasteiger partial charge >= 0.3 is 6.03 Å². The topological polar surface area (TPSA) is 91.7 Å². The van der Waals surface area contributed by atoms with E-state index in [9.17, 15) is 14.4 Å². The van der Waals surface area contributed by atoms with Gasteiger partial charge in [0, 0.05) is 13.0 Å². The molecule has 26 heavy (non-hydrogen) atoms. The molecule has 1 aliphatic rings. The van der Waals surface area contributed by atoms with Crippen LogP contribution in [0.2, 0.25) is 0 Å². The zero-order valence-corrected chi connectivity index (χ0v) is 14.3. The van der Waals surface area contributed by atoms with E-state index in [2.05, 4.69) is 10.6 Å². The number of hydrogen-bond donors (Lipinski definition) is 2. The summed E-state index contributed by atoms with van der Waals surface area (Å²) in [5.74, 6) is 0.0729. The summed E-state index contributed by atoms with van der Waals surface area (Å²) in [5.41, 5.74) is 1.15. The molecule has 0 radical (unpaired) electrons. The Morgan fingerprint density at radius 2 is 1.96 bits per heavy atom. The summed E-state index contributed by atoms with van der Waals surface area (Å²) in [6.45, 7) is 0.635. The first-order valence-electron chi connectivity index (χ1n) is 8.58. The molecule has 136 valence electrons. The summed E-state index contributed by atoms with van der Waals surface area (Å²) in [5, 5.41) is 5.46. The van der Waals surface area contributed by atoms with Gasteiger partial charge in [-0.05, 0) is 30.5 Å². The molecular weight excluding hydrogens is 334 g/mol. The number of urea groups is 1. The van der Waals surface area contributed by atoms with Crippen molar-refractivity contribution in [2.45, 2.75) is 31.8 Å². The first kappa shape index (κ1) is 17.7. The highest BCUT2D eigenvalue weighted by Gasteiger charge is 2.38. The number of amides is 4. The lowest BCUT2D eigenvalue weighted by Gasteiger charge is -2.11. The van der Waals surface area contributed by atoms with E-state index < -0.39 is 12.1 Å². The predicted octanol–water partition coefficient (Wildman–Crippen LogP) is 1.84. The van der Waals surface area contributed by atoms with Gasteiger partial charge in [0.2, 0.25) is 5.91 Å². The van der Waals surface area contributed by atoms with Gasteiger partial charge in [-0.3, -0.25) is 14.5 Å². The second kappa shape index (κ2) is 8.33. The molecule has 7 heteroatoms. The van der Waals surface area contributed by atoms with Crippen molar-refractivity contribution in [3.8, 4) is 0 Å². The molecule has 0 aliphatic carbocycles. The summed E-state index contributed by atoms with van der Waals surface area (Å²) < 4.78 is 5.17. The van der Waals surface area contributed by atoms with E-state index in [0.29, 0.717) is 12.3 Å². The van der Waals surface area contributed by atoms with Crippen molar-refractivity contribution < 1.29 is 18.8 Å². The summed E-state index contributed by atoms with van der Waals surface area (Å²) in [4.78, 5) is 37.3. The predicted molar refractivity (Wildman–Crippen MR) is 94.0 cm³/mol. The minimum atomic E-state index is -0.669. The minimum absolute atomic E-state index is 0.0947. The standard InChI is InChI=1S/C19H21N3O4/c23-17(20-11-10-14-5-2-1-3-6-14)9-8-16-18(24)22(19(25)21-16)13-15-7-4-12-26-15/h1-7,12,16H,8-11,13H2,(H,20,23)(H,21,25). The van der Waals surface area contributed by atoms with Crippen molar-refractivity contribution >= 4 is 17.8 Å². The fraction of sp³-hybridized carbons (Fsp3) is 0.316. The molecule has 1 fully saturated rings. The lowest BCUT2D eigenvalue weighted by molar-refractivity contribution is -0.128. The van der Waals surface area contributed by atoms with E-state index in [0.717, 1.165) is 16.9 Å². The molecule has 1 aliphatic heterocycles. The summed E-state index contributed by atoms with van der Waals surface area (Å²) in [6, 6.07) is 12.2. The maximum Gasteiger partial charge on any atom is 0.325 e. The highest BCUT2D eigenvalue weighted by atomic mass is 16.3. The average Bonchev–Trinajstić information content (AvgIpc) is 3.25. The lowest BCUT2D eigenvalue weighted by Crippen LogP contribution is -2.33. The Balaban J connectivity index is 1.40. The largest absolute Gasteiger partial charge is 0.467 e. The van der Waals surface area contributed by atoms with Crippen molar-refractivity contribution in [2.75, 3.05) is 6.54 Å². The highest BCUT2D eigenvalue weighted by molar-refractivity contribution is 6.04. The molecule has 2 N–H and O–H groups in total. The number of carbonyl (C=O) groups is 3. The molecule has 7 nitrogen and oxygen atoms in total. The van der Waals surface area contributed by atoms with Gasteiger partial charge in [0.25, 0.3) is 5.91 Å². The Bertz CT molecular complexity index is 758. The summed E-state index contributed by atoms with van der Waals surface area (Å²) >= 11 is 0. The number of imide groups is 1. The summed E-state index contributed by atoms with van der Waals surface area (Å²) in [7, 11) is 0. The van der Waals surface area contributed by atoms with Crippen molar-refractivity contribution in [2.24, 2.45) is 0 Å². The second-order valence-electron chi connectivity index (χ2n) is 6.13. The number of carbonyl (C=O) groups excluding carboxylic acids is 3. The molecule has 1 saturated heterocycles. The number of nitrogens with one attached hydrogen (secondary N) is 2. The maximum absolute atomic E-state index is 12.3. The van der Waals surface area contributed by atoms with Crippen LogP contribution < -0.4 is 10.6 Å². The molecule has 0 bridgehead atoms. The number of hydrogen-bond acceptors (Lipinski definition) is 4. The van der Waals surface area contributed by atoms with Crippen molar-refractivity contribution in [1.29, 1.82) is 0 Å². The Morgan fingerprint density at radius 3 is 2.69 bits per heavy atom. The third-order valence-electron chi connectivity index (χ3n) is 4.24. The van der Waals surface area contributed by atoms with Gasteiger partial charge in [0.05, 0.1) is 12.8 Å². The average molecular weight is 355 g/mol. The van der Waals surface area contributed by atoms with E-state index in [1.54, 1.807) is 12.1 Å². The first-order valence-corrected chi connectivity index (χ1v) is 8.58. The fourth-order valence-corrected chi connectivity index (χ4v) is 2.84. The highest BCUT2D eigenvalue weighted by Crippen LogP contribution is 2.15. The monoisotopic (exact) mass is 355 g/mol. The van der Waals surface area contributed by atoms with Crippen LogP contribution in [0.4, 0.5) is 4.79 Å². The zero-order valence-electron chi connectivity index (χ0n) is 14.3. The first-order chi connectivity index (χ1) is 12.6. The smallest absolute Gasteiger partial charge is 0.325 e. The van der Waals surface area contributed by atoms with E-state index in [1.807, 2.05) is 30.3 Å². The van der Waals surface area contributed by atoms with Crippen LogP contribution in [0.15, 0.2) is 53.1 Å². The fourth-order valence-electron chi connectivity index (χ4n) is 2.84. The van der Waals surface area contributed by atoms with Gasteiger partial charge < -0.3 is 15.1 Å². The van der Waals surface area contributed by atoms with Crippen LogP contribution in [-0.4, -0.2) is 35.3 Å². The van der Waals surface area contributed by atoms with Gasteiger partial charge in [-0.1, -0.05) is 30.3 Å². The lowest BCUT2D eigenvalue weighted by atomic mass is 10.1. The zero-order chi connectivity index (χ0) is 18.4. The van der Waals surface area contributed by atoms with Crippen LogP contribution in [0.25, 0.3) is 0 Å². The number of furan rings is 1. The normalized spacial score (nSPS) is 16.6. The van der Waals surface area contributed by atoms with E-state index in [4.69, 9.17) is 4.42 Å². The van der Waals surface area contributed by atoms with Crippen LogP contribution in [-0.2, 0) is 22.6 Å². The maximum atomic E-state index is 12.3. The molecule has 1 atom stereocenters. The third-order valence-corrected chi connectivity index (χ3v) is 4.24. The quantitative estimate of drug-likeness (QED) is 0.707. The van der Waals surface area contributed by atoms with Crippen LogP contribution in [0, 0.1) is 0 Å².